The minimum Gasteiger partial charge on any atom is -0.492 e. The smallest absolute Gasteiger partial charge is 0.170 e. The highest BCUT2D eigenvalue weighted by Crippen LogP contribution is 2.31. The fraction of sp³-hybridized carbons (Fsp3) is 0.364. The summed E-state index contributed by atoms with van der Waals surface area (Å²) in [6, 6.07) is 3.60. The summed E-state index contributed by atoms with van der Waals surface area (Å²) in [6.07, 6.45) is 0.764. The van der Waals surface area contributed by atoms with E-state index in [1.54, 1.807) is 6.07 Å². The van der Waals surface area contributed by atoms with Crippen molar-refractivity contribution in [2.45, 2.75) is 13.3 Å². The molecule has 1 aromatic carbocycles. The van der Waals surface area contributed by atoms with Crippen LogP contribution in [0.1, 0.15) is 12.6 Å². The summed E-state index contributed by atoms with van der Waals surface area (Å²) in [6.45, 7) is 2.48. The van der Waals surface area contributed by atoms with Crippen LogP contribution in [0.3, 0.4) is 0 Å². The average molecular weight is 258 g/mol. The molecule has 2 rings (SSSR count). The molecule has 5 heteroatoms. The van der Waals surface area contributed by atoms with Gasteiger partial charge in [-0.05, 0) is 18.7 Å². The van der Waals surface area contributed by atoms with Crippen LogP contribution in [0, 0.1) is 0 Å². The van der Waals surface area contributed by atoms with Gasteiger partial charge in [-0.3, -0.25) is 0 Å². The van der Waals surface area contributed by atoms with Gasteiger partial charge in [0.1, 0.15) is 5.75 Å². The number of thiol groups is 1. The Bertz CT molecular complexity index is 498. The first-order valence-corrected chi connectivity index (χ1v) is 6.08. The van der Waals surface area contributed by atoms with Crippen molar-refractivity contribution < 1.29 is 9.26 Å². The molecule has 1 aromatic heterocycles. The topological polar surface area (TPSA) is 35.3 Å². The van der Waals surface area contributed by atoms with Crippen molar-refractivity contribution in [2.24, 2.45) is 0 Å². The van der Waals surface area contributed by atoms with Gasteiger partial charge in [0.15, 0.2) is 5.58 Å². The van der Waals surface area contributed by atoms with Gasteiger partial charge in [-0.1, -0.05) is 16.8 Å². The number of rotatable bonds is 4. The molecular formula is C11H12ClNO2S. The molecule has 0 radical (unpaired) electrons. The Balaban J connectivity index is 2.48. The van der Waals surface area contributed by atoms with E-state index in [9.17, 15) is 0 Å². The molecule has 0 saturated heterocycles. The predicted octanol–water partition coefficient (Wildman–Crippen LogP) is 3.35. The molecule has 2 aromatic rings. The maximum absolute atomic E-state index is 6.10. The first-order chi connectivity index (χ1) is 7.76. The predicted molar refractivity (Wildman–Crippen MR) is 67.7 cm³/mol. The standard InChI is InChI=1S/C11H12ClNO2S/c1-2-14-11-6-10-7(5-8(11)12)9(3-4-16)13-15-10/h5-6,16H,2-4H2,1H3. The largest absolute Gasteiger partial charge is 0.492 e. The first-order valence-electron chi connectivity index (χ1n) is 5.07. The lowest BCUT2D eigenvalue weighted by Gasteiger charge is -2.04. The molecule has 0 aliphatic carbocycles. The van der Waals surface area contributed by atoms with Crippen molar-refractivity contribution >= 4 is 35.2 Å². The fourth-order valence-electron chi connectivity index (χ4n) is 1.54. The Morgan fingerprint density at radius 3 is 3.00 bits per heavy atom. The third kappa shape index (κ3) is 2.13. The van der Waals surface area contributed by atoms with Crippen LogP contribution in [0.4, 0.5) is 0 Å². The normalized spacial score (nSPS) is 10.9. The van der Waals surface area contributed by atoms with Gasteiger partial charge in [0.2, 0.25) is 0 Å². The molecular weight excluding hydrogens is 246 g/mol. The van der Waals surface area contributed by atoms with Crippen molar-refractivity contribution in [1.82, 2.24) is 5.16 Å². The lowest BCUT2D eigenvalue weighted by molar-refractivity contribution is 0.340. The average Bonchev–Trinajstić information content (AvgIpc) is 2.63. The number of aromatic nitrogens is 1. The molecule has 0 unspecified atom stereocenters. The highest BCUT2D eigenvalue weighted by molar-refractivity contribution is 7.80. The third-order valence-corrected chi connectivity index (χ3v) is 2.77. The maximum Gasteiger partial charge on any atom is 0.170 e. The Hall–Kier alpha value is -0.870. The number of fused-ring (bicyclic) bond motifs is 1. The molecule has 0 amide bonds. The van der Waals surface area contributed by atoms with Gasteiger partial charge in [0.25, 0.3) is 0 Å². The molecule has 1 heterocycles. The zero-order chi connectivity index (χ0) is 11.5. The lowest BCUT2D eigenvalue weighted by Crippen LogP contribution is -1.92. The second-order valence-electron chi connectivity index (χ2n) is 3.31. The van der Waals surface area contributed by atoms with Crippen molar-refractivity contribution in [2.75, 3.05) is 12.4 Å². The summed E-state index contributed by atoms with van der Waals surface area (Å²) in [5.41, 5.74) is 1.58. The highest BCUT2D eigenvalue weighted by atomic mass is 35.5. The summed E-state index contributed by atoms with van der Waals surface area (Å²) in [5.74, 6) is 1.36. The van der Waals surface area contributed by atoms with Crippen molar-refractivity contribution in [3.63, 3.8) is 0 Å². The van der Waals surface area contributed by atoms with Gasteiger partial charge in [-0.25, -0.2) is 0 Å². The first kappa shape index (κ1) is 11.6. The molecule has 0 saturated carbocycles. The van der Waals surface area contributed by atoms with Gasteiger partial charge in [0, 0.05) is 17.9 Å². The van der Waals surface area contributed by atoms with Crippen LogP contribution >= 0.6 is 24.2 Å². The number of aryl methyl sites for hydroxylation is 1. The molecule has 0 N–H and O–H groups in total. The number of ether oxygens (including phenoxy) is 1. The number of benzene rings is 1. The van der Waals surface area contributed by atoms with E-state index in [0.29, 0.717) is 23.0 Å². The zero-order valence-electron chi connectivity index (χ0n) is 8.86. The van der Waals surface area contributed by atoms with E-state index in [0.717, 1.165) is 23.3 Å². The molecule has 3 nitrogen and oxygen atoms in total. The minimum absolute atomic E-state index is 0.572. The summed E-state index contributed by atoms with van der Waals surface area (Å²) >= 11 is 10.3. The van der Waals surface area contributed by atoms with Crippen molar-refractivity contribution in [1.29, 1.82) is 0 Å². The fourth-order valence-corrected chi connectivity index (χ4v) is 1.97. The van der Waals surface area contributed by atoms with E-state index >= 15 is 0 Å². The van der Waals surface area contributed by atoms with Crippen LogP contribution in [0.25, 0.3) is 11.0 Å². The monoisotopic (exact) mass is 257 g/mol. The van der Waals surface area contributed by atoms with Crippen molar-refractivity contribution in [3.05, 3.63) is 22.8 Å². The second kappa shape index (κ2) is 4.97. The van der Waals surface area contributed by atoms with Crippen LogP contribution in [0.5, 0.6) is 5.75 Å². The van der Waals surface area contributed by atoms with E-state index in [4.69, 9.17) is 20.9 Å². The molecule has 16 heavy (non-hydrogen) atoms. The summed E-state index contributed by atoms with van der Waals surface area (Å²) in [4.78, 5) is 0. The quantitative estimate of drug-likeness (QED) is 0.853. The lowest BCUT2D eigenvalue weighted by atomic mass is 10.2. The van der Waals surface area contributed by atoms with Crippen LogP contribution in [0.2, 0.25) is 5.02 Å². The number of halogens is 1. The van der Waals surface area contributed by atoms with Crippen LogP contribution in [-0.2, 0) is 6.42 Å². The summed E-state index contributed by atoms with van der Waals surface area (Å²) in [5, 5.41) is 5.50. The van der Waals surface area contributed by atoms with Crippen LogP contribution < -0.4 is 4.74 Å². The SMILES string of the molecule is CCOc1cc2onc(CCS)c2cc1Cl. The van der Waals surface area contributed by atoms with E-state index in [2.05, 4.69) is 17.8 Å². The number of hydrogen-bond donors (Lipinski definition) is 1. The molecule has 0 atom stereocenters. The maximum atomic E-state index is 6.10. The minimum atomic E-state index is 0.572. The Labute approximate surface area is 104 Å². The van der Waals surface area contributed by atoms with Gasteiger partial charge in [-0.2, -0.15) is 12.6 Å². The van der Waals surface area contributed by atoms with Crippen LogP contribution in [-0.4, -0.2) is 17.5 Å². The summed E-state index contributed by atoms with van der Waals surface area (Å²) in [7, 11) is 0. The molecule has 0 bridgehead atoms. The number of hydrogen-bond acceptors (Lipinski definition) is 4. The van der Waals surface area contributed by atoms with Crippen LogP contribution in [0.15, 0.2) is 16.7 Å². The van der Waals surface area contributed by atoms with E-state index in [1.165, 1.54) is 0 Å². The molecule has 0 aliphatic rings. The van der Waals surface area contributed by atoms with E-state index in [1.807, 2.05) is 13.0 Å². The van der Waals surface area contributed by atoms with E-state index in [-0.39, 0.29) is 0 Å². The van der Waals surface area contributed by atoms with E-state index < -0.39 is 0 Å². The molecule has 0 spiro atoms. The van der Waals surface area contributed by atoms with Gasteiger partial charge in [-0.15, -0.1) is 0 Å². The van der Waals surface area contributed by atoms with Gasteiger partial charge < -0.3 is 9.26 Å². The Morgan fingerprint density at radius 1 is 1.50 bits per heavy atom. The van der Waals surface area contributed by atoms with Gasteiger partial charge in [0.05, 0.1) is 17.3 Å². The third-order valence-electron chi connectivity index (χ3n) is 2.25. The van der Waals surface area contributed by atoms with Gasteiger partial charge >= 0.3 is 0 Å². The zero-order valence-corrected chi connectivity index (χ0v) is 10.5. The highest BCUT2D eigenvalue weighted by Gasteiger charge is 2.11. The summed E-state index contributed by atoms with van der Waals surface area (Å²) < 4.78 is 10.6. The molecule has 0 fully saturated rings. The Morgan fingerprint density at radius 2 is 2.31 bits per heavy atom. The number of nitrogens with zero attached hydrogens (tertiary/aromatic N) is 1. The second-order valence-corrected chi connectivity index (χ2v) is 4.17. The molecule has 0 aliphatic heterocycles. The Kier molecular flexibility index (Phi) is 3.61. The molecule has 86 valence electrons. The van der Waals surface area contributed by atoms with Crippen molar-refractivity contribution in [3.8, 4) is 5.75 Å².